The first-order valence-electron chi connectivity index (χ1n) is 1.94. The van der Waals surface area contributed by atoms with Crippen molar-refractivity contribution >= 4 is 35.5 Å². The van der Waals surface area contributed by atoms with E-state index in [0.717, 1.165) is 0 Å². The number of rotatable bonds is 1. The van der Waals surface area contributed by atoms with Crippen molar-refractivity contribution < 1.29 is 4.79 Å². The van der Waals surface area contributed by atoms with Crippen LogP contribution in [0.25, 0.3) is 0 Å². The second-order valence-electron chi connectivity index (χ2n) is 1.56. The van der Waals surface area contributed by atoms with E-state index in [-0.39, 0.29) is 41.4 Å². The first-order chi connectivity index (χ1) is 2.64. The fraction of sp³-hybridized carbons (Fsp3) is 0.750. The largest absolute Gasteiger partial charge is 0.369 e. The molecule has 0 aliphatic rings. The second-order valence-corrected chi connectivity index (χ2v) is 1.56. The van der Waals surface area contributed by atoms with E-state index in [9.17, 15) is 4.79 Å². The SMILES string of the molecule is CC(C)C(N)=O.[Na]. The van der Waals surface area contributed by atoms with Crippen molar-refractivity contribution in [2.45, 2.75) is 13.8 Å². The minimum absolute atomic E-state index is 0. The van der Waals surface area contributed by atoms with Crippen molar-refractivity contribution in [3.05, 3.63) is 0 Å². The van der Waals surface area contributed by atoms with E-state index < -0.39 is 0 Å². The molecule has 0 aliphatic heterocycles. The van der Waals surface area contributed by atoms with Gasteiger partial charge in [0.1, 0.15) is 0 Å². The van der Waals surface area contributed by atoms with Crippen LogP contribution in [0.3, 0.4) is 0 Å². The van der Waals surface area contributed by atoms with Crippen LogP contribution in [0.2, 0.25) is 0 Å². The van der Waals surface area contributed by atoms with Crippen LogP contribution in [-0.2, 0) is 4.79 Å². The third-order valence-electron chi connectivity index (χ3n) is 0.569. The molecule has 3 heteroatoms. The molecule has 0 aromatic rings. The average Bonchev–Trinajstić information content (AvgIpc) is 1.36. The zero-order chi connectivity index (χ0) is 5.15. The van der Waals surface area contributed by atoms with Crippen molar-refractivity contribution in [1.29, 1.82) is 0 Å². The van der Waals surface area contributed by atoms with Gasteiger partial charge in [-0.3, -0.25) is 4.79 Å². The van der Waals surface area contributed by atoms with Crippen LogP contribution in [0, 0.1) is 5.92 Å². The molecule has 7 heavy (non-hydrogen) atoms. The molecule has 0 saturated heterocycles. The molecule has 1 radical (unpaired) electrons. The number of hydrogen-bond acceptors (Lipinski definition) is 1. The zero-order valence-corrected chi connectivity index (χ0v) is 7.06. The maximum atomic E-state index is 9.92. The van der Waals surface area contributed by atoms with E-state index >= 15 is 0 Å². The Labute approximate surface area is 65.7 Å². The van der Waals surface area contributed by atoms with E-state index in [2.05, 4.69) is 0 Å². The van der Waals surface area contributed by atoms with Gasteiger partial charge in [-0.25, -0.2) is 0 Å². The van der Waals surface area contributed by atoms with Crippen LogP contribution in [0.15, 0.2) is 0 Å². The molecule has 0 rings (SSSR count). The summed E-state index contributed by atoms with van der Waals surface area (Å²) >= 11 is 0. The fourth-order valence-electron chi connectivity index (χ4n) is 0. The topological polar surface area (TPSA) is 43.1 Å². The van der Waals surface area contributed by atoms with Crippen molar-refractivity contribution in [2.24, 2.45) is 11.7 Å². The Morgan fingerprint density at radius 1 is 1.57 bits per heavy atom. The van der Waals surface area contributed by atoms with Gasteiger partial charge in [-0.05, 0) is 0 Å². The Hall–Kier alpha value is 0.470. The molecule has 0 atom stereocenters. The fourth-order valence-corrected chi connectivity index (χ4v) is 0. The monoisotopic (exact) mass is 110 g/mol. The average molecular weight is 110 g/mol. The molecule has 0 unspecified atom stereocenters. The summed E-state index contributed by atoms with van der Waals surface area (Å²) in [6.45, 7) is 3.53. The molecule has 2 N–H and O–H groups in total. The Balaban J connectivity index is 0. The minimum atomic E-state index is -0.241. The van der Waals surface area contributed by atoms with Crippen molar-refractivity contribution in [1.82, 2.24) is 0 Å². The molecule has 0 bridgehead atoms. The number of carbonyl (C=O) groups excluding carboxylic acids is 1. The Bertz CT molecular complexity index is 62.7. The zero-order valence-electron chi connectivity index (χ0n) is 5.06. The van der Waals surface area contributed by atoms with Crippen molar-refractivity contribution in [3.8, 4) is 0 Å². The Kier molecular flexibility index (Phi) is 6.90. The summed E-state index contributed by atoms with van der Waals surface area (Å²) in [7, 11) is 0. The van der Waals surface area contributed by atoms with E-state index in [1.807, 2.05) is 0 Å². The van der Waals surface area contributed by atoms with Gasteiger partial charge in [0.25, 0.3) is 0 Å². The van der Waals surface area contributed by atoms with Crippen LogP contribution >= 0.6 is 0 Å². The van der Waals surface area contributed by atoms with Gasteiger partial charge in [-0.1, -0.05) is 13.8 Å². The summed E-state index contributed by atoms with van der Waals surface area (Å²) < 4.78 is 0. The molecule has 0 aliphatic carbocycles. The normalized spacial score (nSPS) is 7.86. The molecule has 0 heterocycles. The summed E-state index contributed by atoms with van der Waals surface area (Å²) in [6.07, 6.45) is 0. The van der Waals surface area contributed by atoms with E-state index in [4.69, 9.17) is 5.73 Å². The second kappa shape index (κ2) is 4.62. The maximum absolute atomic E-state index is 9.92. The van der Waals surface area contributed by atoms with Crippen LogP contribution < -0.4 is 5.73 Å². The Morgan fingerprint density at radius 2 is 1.71 bits per heavy atom. The van der Waals surface area contributed by atoms with E-state index in [1.54, 1.807) is 13.8 Å². The van der Waals surface area contributed by atoms with E-state index in [1.165, 1.54) is 0 Å². The number of nitrogens with two attached hydrogens (primary N) is 1. The molecule has 2 nitrogen and oxygen atoms in total. The van der Waals surface area contributed by atoms with Crippen LogP contribution in [0.5, 0.6) is 0 Å². The number of hydrogen-bond donors (Lipinski definition) is 1. The van der Waals surface area contributed by atoms with Crippen LogP contribution in [0.1, 0.15) is 13.8 Å². The third kappa shape index (κ3) is 6.47. The van der Waals surface area contributed by atoms with Gasteiger partial charge in [0.2, 0.25) is 5.91 Å². The van der Waals surface area contributed by atoms with Gasteiger partial charge in [0.05, 0.1) is 0 Å². The summed E-state index contributed by atoms with van der Waals surface area (Å²) in [5.74, 6) is -0.250. The summed E-state index contributed by atoms with van der Waals surface area (Å²) in [5, 5.41) is 0. The molecular formula is C4H9NNaO. The van der Waals surface area contributed by atoms with E-state index in [0.29, 0.717) is 0 Å². The molecule has 0 saturated carbocycles. The molecular weight excluding hydrogens is 101 g/mol. The number of amides is 1. The molecule has 0 fully saturated rings. The van der Waals surface area contributed by atoms with Gasteiger partial charge >= 0.3 is 0 Å². The number of primary amides is 1. The predicted molar refractivity (Wildman–Crippen MR) is 29.8 cm³/mol. The molecule has 0 aromatic heterocycles. The minimum Gasteiger partial charge on any atom is -0.369 e. The summed E-state index contributed by atoms with van der Waals surface area (Å²) in [5.41, 5.74) is 4.80. The van der Waals surface area contributed by atoms with Gasteiger partial charge in [0, 0.05) is 35.5 Å². The number of carbonyl (C=O) groups is 1. The first-order valence-corrected chi connectivity index (χ1v) is 1.94. The van der Waals surface area contributed by atoms with Gasteiger partial charge in [-0.15, -0.1) is 0 Å². The molecule has 1 amide bonds. The van der Waals surface area contributed by atoms with Crippen LogP contribution in [-0.4, -0.2) is 35.5 Å². The Morgan fingerprint density at radius 3 is 1.71 bits per heavy atom. The van der Waals surface area contributed by atoms with Crippen LogP contribution in [0.4, 0.5) is 0 Å². The molecule has 37 valence electrons. The first kappa shape index (κ1) is 10.5. The van der Waals surface area contributed by atoms with Gasteiger partial charge in [-0.2, -0.15) is 0 Å². The standard InChI is InChI=1S/C4H9NO.Na/c1-3(2)4(5)6;/h3H,1-2H3,(H2,5,6);. The quantitative estimate of drug-likeness (QED) is 0.464. The summed E-state index contributed by atoms with van der Waals surface area (Å²) in [6, 6.07) is 0. The predicted octanol–water partition coefficient (Wildman–Crippen LogP) is -0.253. The van der Waals surface area contributed by atoms with Crippen molar-refractivity contribution in [2.75, 3.05) is 0 Å². The van der Waals surface area contributed by atoms with Gasteiger partial charge in [0.15, 0.2) is 0 Å². The smallest absolute Gasteiger partial charge is 0.219 e. The molecule has 0 aromatic carbocycles. The third-order valence-corrected chi connectivity index (χ3v) is 0.569. The van der Waals surface area contributed by atoms with Gasteiger partial charge < -0.3 is 5.73 Å². The molecule has 0 spiro atoms. The van der Waals surface area contributed by atoms with Crippen molar-refractivity contribution in [3.63, 3.8) is 0 Å². The maximum Gasteiger partial charge on any atom is 0.219 e. The summed E-state index contributed by atoms with van der Waals surface area (Å²) in [4.78, 5) is 9.92.